The number of nitrogens with one attached hydrogen (secondary N) is 1. The SMILES string of the molecule is CCCn1ccnc1CC(NN)c1csc(Br)c1. The highest BCUT2D eigenvalue weighted by Gasteiger charge is 2.15. The zero-order valence-corrected chi connectivity index (χ0v) is 12.7. The van der Waals surface area contributed by atoms with E-state index in [9.17, 15) is 0 Å². The van der Waals surface area contributed by atoms with Crippen LogP contribution in [-0.2, 0) is 13.0 Å². The van der Waals surface area contributed by atoms with Gasteiger partial charge in [0.05, 0.1) is 9.83 Å². The minimum atomic E-state index is 0.102. The van der Waals surface area contributed by atoms with Gasteiger partial charge in [-0.05, 0) is 39.4 Å². The molecule has 0 saturated heterocycles. The largest absolute Gasteiger partial charge is 0.335 e. The molecule has 0 fully saturated rings. The first-order valence-corrected chi connectivity index (χ1v) is 7.62. The van der Waals surface area contributed by atoms with Crippen LogP contribution < -0.4 is 11.3 Å². The zero-order valence-electron chi connectivity index (χ0n) is 10.3. The Bertz CT molecular complexity index is 494. The van der Waals surface area contributed by atoms with Crippen LogP contribution in [0.4, 0.5) is 0 Å². The van der Waals surface area contributed by atoms with E-state index >= 15 is 0 Å². The maximum atomic E-state index is 5.66. The second kappa shape index (κ2) is 6.47. The van der Waals surface area contributed by atoms with Crippen molar-refractivity contribution in [1.82, 2.24) is 15.0 Å². The molecule has 2 aromatic heterocycles. The van der Waals surface area contributed by atoms with Crippen molar-refractivity contribution in [2.75, 3.05) is 0 Å². The van der Waals surface area contributed by atoms with Crippen LogP contribution in [0.1, 0.15) is 30.8 Å². The molecule has 2 rings (SSSR count). The molecule has 0 aromatic carbocycles. The second-order valence-electron chi connectivity index (χ2n) is 4.14. The maximum absolute atomic E-state index is 5.66. The maximum Gasteiger partial charge on any atom is 0.110 e. The van der Waals surface area contributed by atoms with Crippen molar-refractivity contribution in [2.45, 2.75) is 32.4 Å². The van der Waals surface area contributed by atoms with Gasteiger partial charge in [-0.2, -0.15) is 0 Å². The Morgan fingerprint density at radius 2 is 2.44 bits per heavy atom. The van der Waals surface area contributed by atoms with E-state index in [1.807, 2.05) is 12.4 Å². The monoisotopic (exact) mass is 328 g/mol. The molecule has 1 unspecified atom stereocenters. The lowest BCUT2D eigenvalue weighted by atomic mass is 10.1. The third-order valence-electron chi connectivity index (χ3n) is 2.84. The first-order chi connectivity index (χ1) is 8.74. The Hall–Kier alpha value is -0.690. The van der Waals surface area contributed by atoms with Crippen molar-refractivity contribution in [3.05, 3.63) is 39.0 Å². The first-order valence-electron chi connectivity index (χ1n) is 5.94. The molecular weight excluding hydrogens is 312 g/mol. The van der Waals surface area contributed by atoms with Crippen LogP contribution >= 0.6 is 27.3 Å². The van der Waals surface area contributed by atoms with Gasteiger partial charge in [0.25, 0.3) is 0 Å². The Balaban J connectivity index is 2.12. The molecule has 0 aliphatic carbocycles. The number of halogens is 1. The van der Waals surface area contributed by atoms with E-state index in [-0.39, 0.29) is 6.04 Å². The minimum Gasteiger partial charge on any atom is -0.335 e. The lowest BCUT2D eigenvalue weighted by Crippen LogP contribution is -2.30. The summed E-state index contributed by atoms with van der Waals surface area (Å²) >= 11 is 5.15. The summed E-state index contributed by atoms with van der Waals surface area (Å²) in [4.78, 5) is 4.41. The van der Waals surface area contributed by atoms with Crippen LogP contribution in [-0.4, -0.2) is 9.55 Å². The summed E-state index contributed by atoms with van der Waals surface area (Å²) in [5.41, 5.74) is 4.07. The smallest absolute Gasteiger partial charge is 0.110 e. The average molecular weight is 329 g/mol. The second-order valence-corrected chi connectivity index (χ2v) is 6.43. The summed E-state index contributed by atoms with van der Waals surface area (Å²) in [6, 6.07) is 2.20. The van der Waals surface area contributed by atoms with Gasteiger partial charge in [-0.15, -0.1) is 11.3 Å². The van der Waals surface area contributed by atoms with E-state index in [4.69, 9.17) is 5.84 Å². The molecule has 0 aliphatic rings. The molecule has 2 heterocycles. The van der Waals surface area contributed by atoms with Gasteiger partial charge in [-0.25, -0.2) is 4.98 Å². The molecule has 0 aliphatic heterocycles. The third kappa shape index (κ3) is 3.20. The molecule has 0 bridgehead atoms. The topological polar surface area (TPSA) is 55.9 Å². The summed E-state index contributed by atoms with van der Waals surface area (Å²) < 4.78 is 3.31. The fourth-order valence-corrected chi connectivity index (χ4v) is 3.17. The van der Waals surface area contributed by atoms with Gasteiger partial charge in [0.1, 0.15) is 5.82 Å². The molecule has 3 N–H and O–H groups in total. The summed E-state index contributed by atoms with van der Waals surface area (Å²) in [5.74, 6) is 6.73. The fraction of sp³-hybridized carbons (Fsp3) is 0.417. The highest BCUT2D eigenvalue weighted by Crippen LogP contribution is 2.26. The zero-order chi connectivity index (χ0) is 13.0. The Morgan fingerprint density at radius 3 is 3.06 bits per heavy atom. The Kier molecular flexibility index (Phi) is 4.94. The summed E-state index contributed by atoms with van der Waals surface area (Å²) in [6.07, 6.45) is 5.78. The number of rotatable bonds is 6. The Labute approximate surface area is 119 Å². The van der Waals surface area contributed by atoms with Gasteiger partial charge in [-0.3, -0.25) is 11.3 Å². The van der Waals surface area contributed by atoms with Crippen molar-refractivity contribution in [3.63, 3.8) is 0 Å². The Morgan fingerprint density at radius 1 is 1.61 bits per heavy atom. The summed E-state index contributed by atoms with van der Waals surface area (Å²) in [5, 5.41) is 2.11. The molecule has 0 saturated carbocycles. The van der Waals surface area contributed by atoms with Crippen molar-refractivity contribution in [1.29, 1.82) is 0 Å². The molecule has 0 radical (unpaired) electrons. The number of aromatic nitrogens is 2. The number of nitrogens with two attached hydrogens (primary N) is 1. The van der Waals surface area contributed by atoms with Crippen molar-refractivity contribution >= 4 is 27.3 Å². The van der Waals surface area contributed by atoms with Gasteiger partial charge in [0.2, 0.25) is 0 Å². The van der Waals surface area contributed by atoms with Gasteiger partial charge in [0.15, 0.2) is 0 Å². The van der Waals surface area contributed by atoms with Crippen molar-refractivity contribution < 1.29 is 0 Å². The summed E-state index contributed by atoms with van der Waals surface area (Å²) in [6.45, 7) is 3.17. The number of hydrazine groups is 1. The average Bonchev–Trinajstić information content (AvgIpc) is 2.96. The van der Waals surface area contributed by atoms with Crippen LogP contribution in [0.5, 0.6) is 0 Å². The van der Waals surface area contributed by atoms with Gasteiger partial charge >= 0.3 is 0 Å². The number of thiophene rings is 1. The molecule has 0 amide bonds. The van der Waals surface area contributed by atoms with E-state index in [0.29, 0.717) is 0 Å². The van der Waals surface area contributed by atoms with Gasteiger partial charge in [-0.1, -0.05) is 6.92 Å². The predicted molar refractivity (Wildman–Crippen MR) is 78.3 cm³/mol. The molecule has 6 heteroatoms. The van der Waals surface area contributed by atoms with Gasteiger partial charge in [0, 0.05) is 25.4 Å². The number of imidazole rings is 1. The molecule has 4 nitrogen and oxygen atoms in total. The van der Waals surface area contributed by atoms with E-state index in [1.165, 1.54) is 5.56 Å². The molecular formula is C12H17BrN4S. The number of nitrogens with zero attached hydrogens (tertiary/aromatic N) is 2. The first kappa shape index (κ1) is 13.7. The number of aryl methyl sites for hydroxylation is 1. The highest BCUT2D eigenvalue weighted by atomic mass is 79.9. The number of hydrogen-bond acceptors (Lipinski definition) is 4. The highest BCUT2D eigenvalue weighted by molar-refractivity contribution is 9.11. The molecule has 0 spiro atoms. The van der Waals surface area contributed by atoms with E-state index in [0.717, 1.165) is 29.0 Å². The molecule has 18 heavy (non-hydrogen) atoms. The molecule has 98 valence electrons. The lowest BCUT2D eigenvalue weighted by molar-refractivity contribution is 0.518. The van der Waals surface area contributed by atoms with Crippen molar-refractivity contribution in [3.8, 4) is 0 Å². The van der Waals surface area contributed by atoms with E-state index in [1.54, 1.807) is 11.3 Å². The molecule has 1 atom stereocenters. The van der Waals surface area contributed by atoms with E-state index < -0.39 is 0 Å². The van der Waals surface area contributed by atoms with Crippen LogP contribution in [0.15, 0.2) is 27.6 Å². The quantitative estimate of drug-likeness (QED) is 0.633. The lowest BCUT2D eigenvalue weighted by Gasteiger charge is -2.15. The van der Waals surface area contributed by atoms with Crippen LogP contribution in [0.3, 0.4) is 0 Å². The fourth-order valence-electron chi connectivity index (χ4n) is 1.94. The van der Waals surface area contributed by atoms with Crippen LogP contribution in [0, 0.1) is 0 Å². The van der Waals surface area contributed by atoms with Crippen molar-refractivity contribution in [2.24, 2.45) is 5.84 Å². The predicted octanol–water partition coefficient (Wildman–Crippen LogP) is 2.86. The van der Waals surface area contributed by atoms with Crippen LogP contribution in [0.25, 0.3) is 0 Å². The molecule has 2 aromatic rings. The third-order valence-corrected chi connectivity index (χ3v) is 4.37. The van der Waals surface area contributed by atoms with Gasteiger partial charge < -0.3 is 4.57 Å². The van der Waals surface area contributed by atoms with E-state index in [2.05, 4.69) is 49.3 Å². The minimum absolute atomic E-state index is 0.102. The number of hydrogen-bond donors (Lipinski definition) is 2. The van der Waals surface area contributed by atoms with Crippen LogP contribution in [0.2, 0.25) is 0 Å². The normalized spacial score (nSPS) is 12.8. The summed E-state index contributed by atoms with van der Waals surface area (Å²) in [7, 11) is 0. The standard InChI is InChI=1S/C12H17BrN4S/c1-2-4-17-5-3-15-12(17)7-10(16-14)9-6-11(13)18-8-9/h3,5-6,8,10,16H,2,4,7,14H2,1H3.